The van der Waals surface area contributed by atoms with Crippen LogP contribution < -0.4 is 16.4 Å². The number of anilines is 2. The maximum atomic E-state index is 12.2. The minimum Gasteiger partial charge on any atom is -0.481 e. The lowest BCUT2D eigenvalue weighted by molar-refractivity contribution is -0.137. The first-order valence-electron chi connectivity index (χ1n) is 8.01. The van der Waals surface area contributed by atoms with Crippen molar-refractivity contribution in [2.24, 2.45) is 5.73 Å². The van der Waals surface area contributed by atoms with Crippen molar-refractivity contribution in [2.75, 3.05) is 10.6 Å². The van der Waals surface area contributed by atoms with Crippen molar-refractivity contribution in [3.63, 3.8) is 0 Å². The molecule has 3 rings (SSSR count). The van der Waals surface area contributed by atoms with Crippen LogP contribution in [0.5, 0.6) is 0 Å². The number of hydrogen-bond acceptors (Lipinski definition) is 4. The fourth-order valence-electron chi connectivity index (χ4n) is 2.73. The summed E-state index contributed by atoms with van der Waals surface area (Å²) in [5.74, 6) is -1.67. The molecule has 3 amide bonds. The van der Waals surface area contributed by atoms with Gasteiger partial charge in [0, 0.05) is 40.8 Å². The number of benzene rings is 1. The number of aliphatic carboxylic acids is 1. The van der Waals surface area contributed by atoms with E-state index in [1.54, 1.807) is 30.3 Å². The summed E-state index contributed by atoms with van der Waals surface area (Å²) >= 11 is 0. The first kappa shape index (κ1) is 17.9. The van der Waals surface area contributed by atoms with Crippen LogP contribution in [0, 0.1) is 0 Å². The lowest BCUT2D eigenvalue weighted by Crippen LogP contribution is -2.19. The Bertz CT molecular complexity index is 989. The highest BCUT2D eigenvalue weighted by atomic mass is 16.4. The number of rotatable bonds is 6. The molecular weight excluding hydrogens is 352 g/mol. The topological polar surface area (TPSA) is 154 Å². The zero-order chi connectivity index (χ0) is 19.6. The number of Topliss-reactive ketones (excluding diaryl/α,β-unsaturated/α-hetero) is 1. The van der Waals surface area contributed by atoms with Gasteiger partial charge in [-0.15, -0.1) is 0 Å². The molecular formula is C18H16N4O5. The van der Waals surface area contributed by atoms with E-state index in [0.717, 1.165) is 0 Å². The Morgan fingerprint density at radius 1 is 1.19 bits per heavy atom. The Morgan fingerprint density at radius 3 is 2.67 bits per heavy atom. The van der Waals surface area contributed by atoms with Gasteiger partial charge in [-0.25, -0.2) is 4.79 Å². The van der Waals surface area contributed by atoms with E-state index in [0.29, 0.717) is 33.8 Å². The molecule has 27 heavy (non-hydrogen) atoms. The maximum Gasteiger partial charge on any atom is 0.316 e. The van der Waals surface area contributed by atoms with Crippen LogP contribution in [0.2, 0.25) is 0 Å². The van der Waals surface area contributed by atoms with Gasteiger partial charge >= 0.3 is 12.0 Å². The van der Waals surface area contributed by atoms with Crippen molar-refractivity contribution in [1.82, 2.24) is 4.98 Å². The fraction of sp³-hybridized carbons (Fsp3) is 0.111. The Labute approximate surface area is 153 Å². The highest BCUT2D eigenvalue weighted by molar-refractivity contribution is 6.35. The summed E-state index contributed by atoms with van der Waals surface area (Å²) in [6.45, 7) is 0. The molecule has 1 aromatic heterocycles. The van der Waals surface area contributed by atoms with E-state index in [-0.39, 0.29) is 24.5 Å². The van der Waals surface area contributed by atoms with Gasteiger partial charge in [0.25, 0.3) is 5.91 Å². The predicted octanol–water partition coefficient (Wildman–Crippen LogP) is 2.05. The number of amides is 3. The summed E-state index contributed by atoms with van der Waals surface area (Å²) in [5, 5.41) is 13.8. The van der Waals surface area contributed by atoms with Crippen LogP contribution in [0.25, 0.3) is 11.6 Å². The minimum absolute atomic E-state index is 0.103. The third kappa shape index (κ3) is 4.03. The largest absolute Gasteiger partial charge is 0.481 e. The average molecular weight is 368 g/mol. The van der Waals surface area contributed by atoms with Crippen molar-refractivity contribution in [1.29, 1.82) is 0 Å². The van der Waals surface area contributed by atoms with Crippen molar-refractivity contribution < 1.29 is 24.3 Å². The molecule has 2 aromatic rings. The third-order valence-electron chi connectivity index (χ3n) is 3.96. The second-order valence-electron chi connectivity index (χ2n) is 5.92. The number of nitrogens with two attached hydrogens (primary N) is 1. The Kier molecular flexibility index (Phi) is 4.75. The number of aromatic nitrogens is 1. The average Bonchev–Trinajstić information content (AvgIpc) is 3.18. The summed E-state index contributed by atoms with van der Waals surface area (Å²) in [6, 6.07) is 5.71. The first-order valence-corrected chi connectivity index (χ1v) is 8.01. The molecule has 0 saturated carbocycles. The van der Waals surface area contributed by atoms with Gasteiger partial charge in [-0.3, -0.25) is 14.4 Å². The molecule has 1 aliphatic rings. The molecule has 0 atom stereocenters. The molecule has 138 valence electrons. The summed E-state index contributed by atoms with van der Waals surface area (Å²) in [7, 11) is 0. The van der Waals surface area contributed by atoms with Crippen LogP contribution >= 0.6 is 0 Å². The number of primary amides is 1. The lowest BCUT2D eigenvalue weighted by Gasteiger charge is -2.04. The second kappa shape index (κ2) is 7.16. The monoisotopic (exact) mass is 368 g/mol. The van der Waals surface area contributed by atoms with Gasteiger partial charge in [-0.1, -0.05) is 0 Å². The van der Waals surface area contributed by atoms with Crippen molar-refractivity contribution in [2.45, 2.75) is 12.8 Å². The Morgan fingerprint density at radius 2 is 1.96 bits per heavy atom. The summed E-state index contributed by atoms with van der Waals surface area (Å²) in [4.78, 5) is 48.7. The van der Waals surface area contributed by atoms with Crippen molar-refractivity contribution in [3.8, 4) is 0 Å². The minimum atomic E-state index is -1.04. The van der Waals surface area contributed by atoms with Gasteiger partial charge in [0.05, 0.1) is 12.0 Å². The normalized spacial score (nSPS) is 13.9. The van der Waals surface area contributed by atoms with E-state index in [9.17, 15) is 19.2 Å². The van der Waals surface area contributed by atoms with Gasteiger partial charge in [0.15, 0.2) is 5.78 Å². The second-order valence-corrected chi connectivity index (χ2v) is 5.92. The number of aromatic amines is 1. The predicted molar refractivity (Wildman–Crippen MR) is 98.1 cm³/mol. The standard InChI is InChI=1S/C18H16N4O5/c19-18(27)21-10-1-2-14-12(6-10)13(17(26)22-14)7-11-5-9(8-20-11)15(23)3-4-16(24)25/h1-2,5-8,20H,3-4H2,(H,22,26)(H,24,25)(H3,19,21,27). The molecule has 2 heterocycles. The van der Waals surface area contributed by atoms with Gasteiger partial charge in [0.2, 0.25) is 0 Å². The molecule has 6 N–H and O–H groups in total. The number of fused-ring (bicyclic) bond motifs is 1. The summed E-state index contributed by atoms with van der Waals surface area (Å²) < 4.78 is 0. The summed E-state index contributed by atoms with van der Waals surface area (Å²) in [6.07, 6.45) is 2.69. The molecule has 0 fully saturated rings. The maximum absolute atomic E-state index is 12.2. The molecule has 0 spiro atoms. The van der Waals surface area contributed by atoms with Crippen LogP contribution in [0.4, 0.5) is 16.2 Å². The van der Waals surface area contributed by atoms with Gasteiger partial charge in [0.1, 0.15) is 0 Å². The van der Waals surface area contributed by atoms with E-state index in [2.05, 4.69) is 15.6 Å². The molecule has 1 aliphatic heterocycles. The molecule has 1 aromatic carbocycles. The van der Waals surface area contributed by atoms with Crippen molar-refractivity contribution in [3.05, 3.63) is 47.3 Å². The zero-order valence-corrected chi connectivity index (χ0v) is 14.0. The van der Waals surface area contributed by atoms with E-state index in [1.807, 2.05) is 0 Å². The first-order chi connectivity index (χ1) is 12.8. The highest BCUT2D eigenvalue weighted by Crippen LogP contribution is 2.35. The van der Waals surface area contributed by atoms with Crippen LogP contribution in [0.1, 0.15) is 34.5 Å². The number of urea groups is 1. The van der Waals surface area contributed by atoms with Crippen LogP contribution in [0.15, 0.2) is 30.5 Å². The van der Waals surface area contributed by atoms with Crippen LogP contribution in [0.3, 0.4) is 0 Å². The zero-order valence-electron chi connectivity index (χ0n) is 14.0. The highest BCUT2D eigenvalue weighted by Gasteiger charge is 2.25. The number of ketones is 1. The molecule has 0 radical (unpaired) electrons. The van der Waals surface area contributed by atoms with E-state index in [1.165, 1.54) is 6.20 Å². The van der Waals surface area contributed by atoms with Crippen LogP contribution in [-0.2, 0) is 9.59 Å². The summed E-state index contributed by atoms with van der Waals surface area (Å²) in [5.41, 5.74) is 7.93. The smallest absolute Gasteiger partial charge is 0.316 e. The molecule has 9 heteroatoms. The number of carboxylic acid groups (broad SMARTS) is 1. The van der Waals surface area contributed by atoms with Gasteiger partial charge in [-0.05, 0) is 30.3 Å². The SMILES string of the molecule is NC(=O)Nc1ccc2c(c1)C(=Cc1cc(C(=O)CCC(=O)O)c[nH]1)C(=O)N2. The number of carboxylic acids is 1. The number of H-pyrrole nitrogens is 1. The lowest BCUT2D eigenvalue weighted by atomic mass is 10.0. The number of hydrogen-bond donors (Lipinski definition) is 5. The molecule has 0 aliphatic carbocycles. The van der Waals surface area contributed by atoms with E-state index >= 15 is 0 Å². The quantitative estimate of drug-likeness (QED) is 0.390. The Hall–Kier alpha value is -3.88. The fourth-order valence-corrected chi connectivity index (χ4v) is 2.73. The molecule has 0 bridgehead atoms. The third-order valence-corrected chi connectivity index (χ3v) is 3.96. The molecule has 9 nitrogen and oxygen atoms in total. The van der Waals surface area contributed by atoms with Crippen LogP contribution in [-0.4, -0.2) is 33.8 Å². The number of carbonyl (C=O) groups excluding carboxylic acids is 3. The number of nitrogens with one attached hydrogen (secondary N) is 3. The van der Waals surface area contributed by atoms with Gasteiger partial charge < -0.3 is 26.5 Å². The Balaban J connectivity index is 1.86. The molecule has 0 unspecified atom stereocenters. The molecule has 0 saturated heterocycles. The van der Waals surface area contributed by atoms with E-state index in [4.69, 9.17) is 10.8 Å². The number of carbonyl (C=O) groups is 4. The van der Waals surface area contributed by atoms with E-state index < -0.39 is 12.0 Å². The van der Waals surface area contributed by atoms with Gasteiger partial charge in [-0.2, -0.15) is 0 Å². The van der Waals surface area contributed by atoms with Crippen molar-refractivity contribution >= 4 is 46.7 Å².